The lowest BCUT2D eigenvalue weighted by Gasteiger charge is -2.18. The van der Waals surface area contributed by atoms with Crippen molar-refractivity contribution in [2.24, 2.45) is 5.92 Å². The fourth-order valence-corrected chi connectivity index (χ4v) is 2.30. The molecule has 1 N–H and O–H groups in total. The summed E-state index contributed by atoms with van der Waals surface area (Å²) in [5, 5.41) is 9.55. The van der Waals surface area contributed by atoms with Gasteiger partial charge < -0.3 is 14.7 Å². The Morgan fingerprint density at radius 1 is 1.56 bits per heavy atom. The number of aliphatic hydroxyl groups excluding tert-OH is 1. The molecule has 0 spiro atoms. The van der Waals surface area contributed by atoms with Crippen molar-refractivity contribution < 1.29 is 14.6 Å². The minimum absolute atomic E-state index is 0.0112. The number of benzene rings is 1. The van der Waals surface area contributed by atoms with Crippen molar-refractivity contribution in [2.45, 2.75) is 19.4 Å². The summed E-state index contributed by atoms with van der Waals surface area (Å²) in [6.45, 7) is 3.13. The monoisotopic (exact) mass is 249 g/mol. The van der Waals surface area contributed by atoms with E-state index in [1.165, 1.54) is 0 Å². The first-order valence-corrected chi connectivity index (χ1v) is 6.23. The Kier molecular flexibility index (Phi) is 3.87. The van der Waals surface area contributed by atoms with Crippen LogP contribution in [-0.2, 0) is 0 Å². The van der Waals surface area contributed by atoms with Gasteiger partial charge >= 0.3 is 0 Å². The van der Waals surface area contributed by atoms with E-state index in [1.54, 1.807) is 31.1 Å². The van der Waals surface area contributed by atoms with E-state index in [1.807, 2.05) is 12.1 Å². The lowest BCUT2D eigenvalue weighted by atomic mass is 10.0. The van der Waals surface area contributed by atoms with E-state index in [0.29, 0.717) is 24.4 Å². The minimum atomic E-state index is -0.354. The van der Waals surface area contributed by atoms with Gasteiger partial charge in [-0.3, -0.25) is 4.79 Å². The summed E-state index contributed by atoms with van der Waals surface area (Å²) in [7, 11) is 1.59. The van der Waals surface area contributed by atoms with Crippen LogP contribution >= 0.6 is 0 Å². The molecule has 1 amide bonds. The summed E-state index contributed by atoms with van der Waals surface area (Å²) >= 11 is 0. The van der Waals surface area contributed by atoms with Gasteiger partial charge in [-0.15, -0.1) is 0 Å². The number of hydrogen-bond donors (Lipinski definition) is 1. The molecule has 18 heavy (non-hydrogen) atoms. The molecule has 98 valence electrons. The van der Waals surface area contributed by atoms with Crippen LogP contribution in [-0.4, -0.2) is 42.2 Å². The average molecular weight is 249 g/mol. The molecular weight excluding hydrogens is 230 g/mol. The number of ether oxygens (including phenoxy) is 1. The molecule has 0 radical (unpaired) electrons. The van der Waals surface area contributed by atoms with Gasteiger partial charge in [-0.2, -0.15) is 0 Å². The highest BCUT2D eigenvalue weighted by Gasteiger charge is 2.29. The summed E-state index contributed by atoms with van der Waals surface area (Å²) in [5.74, 6) is 0.892. The van der Waals surface area contributed by atoms with Crippen LogP contribution in [0.15, 0.2) is 24.3 Å². The van der Waals surface area contributed by atoms with Gasteiger partial charge in [0.05, 0.1) is 13.2 Å². The Labute approximate surface area is 107 Å². The predicted molar refractivity (Wildman–Crippen MR) is 68.7 cm³/mol. The van der Waals surface area contributed by atoms with E-state index < -0.39 is 0 Å². The fourth-order valence-electron chi connectivity index (χ4n) is 2.30. The van der Waals surface area contributed by atoms with E-state index in [0.717, 1.165) is 6.42 Å². The van der Waals surface area contributed by atoms with Gasteiger partial charge in [0.1, 0.15) is 5.75 Å². The summed E-state index contributed by atoms with van der Waals surface area (Å²) < 4.78 is 5.12. The third-order valence-corrected chi connectivity index (χ3v) is 3.51. The Hall–Kier alpha value is -1.55. The minimum Gasteiger partial charge on any atom is -0.497 e. The maximum absolute atomic E-state index is 12.3. The second-order valence-corrected chi connectivity index (χ2v) is 4.77. The maximum atomic E-state index is 12.3. The summed E-state index contributed by atoms with van der Waals surface area (Å²) in [6.07, 6.45) is 0.515. The van der Waals surface area contributed by atoms with E-state index >= 15 is 0 Å². The molecular formula is C14H19NO3. The van der Waals surface area contributed by atoms with Gasteiger partial charge in [0.2, 0.25) is 0 Å². The van der Waals surface area contributed by atoms with E-state index in [9.17, 15) is 9.90 Å². The number of hydrogen-bond acceptors (Lipinski definition) is 3. The molecule has 1 aliphatic heterocycles. The largest absolute Gasteiger partial charge is 0.497 e. The molecule has 4 heteroatoms. The first kappa shape index (κ1) is 12.9. The molecule has 2 rings (SSSR count). The number of nitrogens with zero attached hydrogens (tertiary/aromatic N) is 1. The second kappa shape index (κ2) is 5.40. The molecule has 1 fully saturated rings. The number of amides is 1. The number of rotatable bonds is 3. The number of carbonyl (C=O) groups is 1. The van der Waals surface area contributed by atoms with Crippen molar-refractivity contribution >= 4 is 5.91 Å². The van der Waals surface area contributed by atoms with Crippen LogP contribution in [0.3, 0.4) is 0 Å². The molecule has 0 bridgehead atoms. The van der Waals surface area contributed by atoms with Gasteiger partial charge in [-0.25, -0.2) is 0 Å². The van der Waals surface area contributed by atoms with Crippen molar-refractivity contribution in [3.63, 3.8) is 0 Å². The van der Waals surface area contributed by atoms with Crippen molar-refractivity contribution in [3.05, 3.63) is 29.8 Å². The summed E-state index contributed by atoms with van der Waals surface area (Å²) in [5.41, 5.74) is 0.639. The molecule has 2 atom stereocenters. The summed E-state index contributed by atoms with van der Waals surface area (Å²) in [4.78, 5) is 14.1. The molecule has 1 saturated heterocycles. The average Bonchev–Trinajstić information content (AvgIpc) is 2.87. The second-order valence-electron chi connectivity index (χ2n) is 4.77. The van der Waals surface area contributed by atoms with Crippen molar-refractivity contribution in [2.75, 3.05) is 20.2 Å². The van der Waals surface area contributed by atoms with Crippen molar-refractivity contribution in [1.82, 2.24) is 4.90 Å². The zero-order valence-electron chi connectivity index (χ0n) is 10.8. The molecule has 4 nitrogen and oxygen atoms in total. The predicted octanol–water partition coefficient (Wildman–Crippen LogP) is 1.54. The molecule has 0 saturated carbocycles. The molecule has 1 heterocycles. The third kappa shape index (κ3) is 2.64. The molecule has 1 aromatic carbocycles. The molecule has 0 aliphatic carbocycles. The first-order chi connectivity index (χ1) is 8.61. The van der Waals surface area contributed by atoms with Crippen LogP contribution in [0, 0.1) is 5.92 Å². The Bertz CT molecular complexity index is 431. The van der Waals surface area contributed by atoms with Crippen LogP contribution in [0.25, 0.3) is 0 Å². The Morgan fingerprint density at radius 3 is 2.94 bits per heavy atom. The zero-order chi connectivity index (χ0) is 13.1. The lowest BCUT2D eigenvalue weighted by molar-refractivity contribution is 0.0762. The first-order valence-electron chi connectivity index (χ1n) is 6.23. The number of likely N-dealkylation sites (tertiary alicyclic amines) is 1. The van der Waals surface area contributed by atoms with E-state index in [4.69, 9.17) is 4.74 Å². The van der Waals surface area contributed by atoms with E-state index in [2.05, 4.69) is 0 Å². The van der Waals surface area contributed by atoms with Gasteiger partial charge in [-0.05, 0) is 31.5 Å². The Balaban J connectivity index is 2.08. The molecule has 1 aromatic rings. The maximum Gasteiger partial charge on any atom is 0.253 e. The molecule has 2 unspecified atom stereocenters. The highest BCUT2D eigenvalue weighted by atomic mass is 16.5. The quantitative estimate of drug-likeness (QED) is 0.884. The number of aliphatic hydroxyl groups is 1. The van der Waals surface area contributed by atoms with Crippen LogP contribution in [0.1, 0.15) is 23.7 Å². The van der Waals surface area contributed by atoms with Crippen LogP contribution in [0.4, 0.5) is 0 Å². The molecule has 0 aromatic heterocycles. The van der Waals surface area contributed by atoms with Crippen LogP contribution in [0.2, 0.25) is 0 Å². The van der Waals surface area contributed by atoms with Gasteiger partial charge in [0.15, 0.2) is 0 Å². The van der Waals surface area contributed by atoms with Gasteiger partial charge in [0, 0.05) is 24.6 Å². The van der Waals surface area contributed by atoms with Crippen LogP contribution < -0.4 is 4.74 Å². The molecule has 1 aliphatic rings. The number of methoxy groups -OCH3 is 1. The topological polar surface area (TPSA) is 49.8 Å². The standard InChI is InChI=1S/C14H19NO3/c1-10(16)12-6-7-15(9-12)14(17)11-4-3-5-13(8-11)18-2/h3-5,8,10,12,16H,6-7,9H2,1-2H3. The van der Waals surface area contributed by atoms with E-state index in [-0.39, 0.29) is 17.9 Å². The fraction of sp³-hybridized carbons (Fsp3) is 0.500. The summed E-state index contributed by atoms with van der Waals surface area (Å²) in [6, 6.07) is 7.17. The number of carbonyl (C=O) groups excluding carboxylic acids is 1. The third-order valence-electron chi connectivity index (χ3n) is 3.51. The van der Waals surface area contributed by atoms with Crippen molar-refractivity contribution in [3.8, 4) is 5.75 Å². The zero-order valence-corrected chi connectivity index (χ0v) is 10.8. The SMILES string of the molecule is COc1cccc(C(=O)N2CCC(C(C)O)C2)c1. The van der Waals surface area contributed by atoms with Gasteiger partial charge in [-0.1, -0.05) is 6.07 Å². The lowest BCUT2D eigenvalue weighted by Crippen LogP contribution is -2.30. The highest BCUT2D eigenvalue weighted by Crippen LogP contribution is 2.22. The Morgan fingerprint density at radius 2 is 2.33 bits per heavy atom. The van der Waals surface area contributed by atoms with Gasteiger partial charge in [0.25, 0.3) is 5.91 Å². The normalized spacial score (nSPS) is 20.8. The smallest absolute Gasteiger partial charge is 0.253 e. The van der Waals surface area contributed by atoms with Crippen LogP contribution in [0.5, 0.6) is 5.75 Å². The van der Waals surface area contributed by atoms with Crippen molar-refractivity contribution in [1.29, 1.82) is 0 Å². The highest BCUT2D eigenvalue weighted by molar-refractivity contribution is 5.94.